The second-order valence-electron chi connectivity index (χ2n) is 4.94. The lowest BCUT2D eigenvalue weighted by Gasteiger charge is -2.12. The fraction of sp³-hybridized carbons (Fsp3) is 0.250. The molecule has 2 aromatic heterocycles. The molecule has 0 fully saturated rings. The zero-order valence-corrected chi connectivity index (χ0v) is 14.6. The molecule has 0 saturated carbocycles. The van der Waals surface area contributed by atoms with Crippen LogP contribution in [0.4, 0.5) is 0 Å². The number of aliphatic hydroxyl groups excluding tert-OH is 1. The molecule has 2 heterocycles. The van der Waals surface area contributed by atoms with E-state index in [4.69, 9.17) is 16.7 Å². The molecule has 120 valence electrons. The van der Waals surface area contributed by atoms with Crippen LogP contribution in [-0.4, -0.2) is 21.3 Å². The third-order valence-electron chi connectivity index (χ3n) is 3.34. The van der Waals surface area contributed by atoms with Crippen molar-refractivity contribution < 1.29 is 5.11 Å². The first kappa shape index (κ1) is 16.5. The van der Waals surface area contributed by atoms with Crippen molar-refractivity contribution in [3.05, 3.63) is 56.0 Å². The van der Waals surface area contributed by atoms with Crippen molar-refractivity contribution in [3.63, 3.8) is 0 Å². The summed E-state index contributed by atoms with van der Waals surface area (Å²) in [5, 5.41) is 10.4. The SMILES string of the molecule is O=c1c2ccccc2nc(SCc2ccc(Cl)s2)n1CCCO. The number of aromatic nitrogens is 2. The van der Waals surface area contributed by atoms with E-state index in [1.54, 1.807) is 10.6 Å². The van der Waals surface area contributed by atoms with Crippen molar-refractivity contribution in [2.75, 3.05) is 6.61 Å². The molecule has 0 aliphatic rings. The molecule has 3 rings (SSSR count). The summed E-state index contributed by atoms with van der Waals surface area (Å²) in [7, 11) is 0. The second-order valence-corrected chi connectivity index (χ2v) is 7.68. The molecule has 0 unspecified atom stereocenters. The first-order valence-corrected chi connectivity index (χ1v) is 9.34. The molecule has 7 heteroatoms. The van der Waals surface area contributed by atoms with E-state index in [0.29, 0.717) is 34.8 Å². The first-order valence-electron chi connectivity index (χ1n) is 7.16. The summed E-state index contributed by atoms with van der Waals surface area (Å²) in [5.41, 5.74) is 0.639. The van der Waals surface area contributed by atoms with Gasteiger partial charge in [0.15, 0.2) is 5.16 Å². The van der Waals surface area contributed by atoms with Gasteiger partial charge in [-0.3, -0.25) is 9.36 Å². The Balaban J connectivity index is 1.97. The van der Waals surface area contributed by atoms with Gasteiger partial charge in [-0.05, 0) is 30.7 Å². The summed E-state index contributed by atoms with van der Waals surface area (Å²) in [5.74, 6) is 0.710. The number of thioether (sulfide) groups is 1. The third kappa shape index (κ3) is 3.77. The van der Waals surface area contributed by atoms with E-state index in [1.807, 2.05) is 30.3 Å². The summed E-state index contributed by atoms with van der Waals surface area (Å²) in [6.45, 7) is 0.505. The van der Waals surface area contributed by atoms with Crippen LogP contribution in [0.5, 0.6) is 0 Å². The third-order valence-corrected chi connectivity index (χ3v) is 5.78. The number of para-hydroxylation sites is 1. The van der Waals surface area contributed by atoms with Gasteiger partial charge in [0.1, 0.15) is 0 Å². The van der Waals surface area contributed by atoms with Crippen molar-refractivity contribution in [2.24, 2.45) is 0 Å². The average Bonchev–Trinajstić information content (AvgIpc) is 2.98. The minimum atomic E-state index is -0.0595. The van der Waals surface area contributed by atoms with Crippen LogP contribution in [0.3, 0.4) is 0 Å². The highest BCUT2D eigenvalue weighted by Gasteiger charge is 2.12. The smallest absolute Gasteiger partial charge is 0.262 e. The van der Waals surface area contributed by atoms with Gasteiger partial charge in [0.05, 0.1) is 15.2 Å². The maximum absolute atomic E-state index is 12.7. The Kier molecular flexibility index (Phi) is 5.38. The number of aliphatic hydroxyl groups is 1. The maximum Gasteiger partial charge on any atom is 0.262 e. The van der Waals surface area contributed by atoms with Gasteiger partial charge in [-0.1, -0.05) is 35.5 Å². The van der Waals surface area contributed by atoms with Crippen molar-refractivity contribution in [3.8, 4) is 0 Å². The molecule has 4 nitrogen and oxygen atoms in total. The van der Waals surface area contributed by atoms with Crippen LogP contribution in [-0.2, 0) is 12.3 Å². The van der Waals surface area contributed by atoms with Crippen LogP contribution < -0.4 is 5.56 Å². The van der Waals surface area contributed by atoms with E-state index in [1.165, 1.54) is 23.1 Å². The van der Waals surface area contributed by atoms with Crippen LogP contribution in [0.25, 0.3) is 10.9 Å². The Labute approximate surface area is 146 Å². The average molecular weight is 367 g/mol. The van der Waals surface area contributed by atoms with Crippen LogP contribution >= 0.6 is 34.7 Å². The van der Waals surface area contributed by atoms with Crippen molar-refractivity contribution in [1.29, 1.82) is 0 Å². The normalized spacial score (nSPS) is 11.2. The van der Waals surface area contributed by atoms with Gasteiger partial charge in [0.25, 0.3) is 5.56 Å². The fourth-order valence-corrected chi connectivity index (χ4v) is 4.40. The van der Waals surface area contributed by atoms with Gasteiger partial charge < -0.3 is 5.11 Å². The lowest BCUT2D eigenvalue weighted by atomic mass is 10.2. The molecule has 0 atom stereocenters. The summed E-state index contributed by atoms with van der Waals surface area (Å²) in [6, 6.07) is 11.2. The summed E-state index contributed by atoms with van der Waals surface area (Å²) >= 11 is 9.00. The molecule has 23 heavy (non-hydrogen) atoms. The number of halogens is 1. The highest BCUT2D eigenvalue weighted by Crippen LogP contribution is 2.28. The Morgan fingerprint density at radius 1 is 1.26 bits per heavy atom. The van der Waals surface area contributed by atoms with Crippen molar-refractivity contribution >= 4 is 45.6 Å². The molecule has 1 aromatic carbocycles. The zero-order valence-electron chi connectivity index (χ0n) is 12.2. The largest absolute Gasteiger partial charge is 0.396 e. The minimum Gasteiger partial charge on any atom is -0.396 e. The topological polar surface area (TPSA) is 55.1 Å². The van der Waals surface area contributed by atoms with Crippen molar-refractivity contribution in [2.45, 2.75) is 23.9 Å². The van der Waals surface area contributed by atoms with E-state index < -0.39 is 0 Å². The Bertz CT molecular complexity index is 876. The molecule has 0 amide bonds. The standard InChI is InChI=1S/C16H15ClN2O2S2/c17-14-7-6-11(23-14)10-22-16-18-13-5-2-1-4-12(13)15(21)19(16)8-3-9-20/h1-2,4-7,20H,3,8-10H2. The summed E-state index contributed by atoms with van der Waals surface area (Å²) in [4.78, 5) is 18.4. The Hall–Kier alpha value is -1.34. The number of hydrogen-bond donors (Lipinski definition) is 1. The molecule has 0 radical (unpaired) electrons. The number of benzene rings is 1. The Morgan fingerprint density at radius 3 is 2.83 bits per heavy atom. The zero-order chi connectivity index (χ0) is 16.2. The van der Waals surface area contributed by atoms with Gasteiger partial charge in [-0.15, -0.1) is 11.3 Å². The van der Waals surface area contributed by atoms with Crippen molar-refractivity contribution in [1.82, 2.24) is 9.55 Å². The first-order chi connectivity index (χ1) is 11.2. The summed E-state index contributed by atoms with van der Waals surface area (Å²) < 4.78 is 2.41. The number of fused-ring (bicyclic) bond motifs is 1. The van der Waals surface area contributed by atoms with Gasteiger partial charge in [0, 0.05) is 23.8 Å². The van der Waals surface area contributed by atoms with Crippen LogP contribution in [0, 0.1) is 0 Å². The molecule has 1 N–H and O–H groups in total. The summed E-state index contributed by atoms with van der Waals surface area (Å²) in [6.07, 6.45) is 0.526. The maximum atomic E-state index is 12.7. The van der Waals surface area contributed by atoms with E-state index in [2.05, 4.69) is 4.98 Å². The number of thiophene rings is 1. The molecule has 0 saturated heterocycles. The molecular weight excluding hydrogens is 352 g/mol. The minimum absolute atomic E-state index is 0.0455. The van der Waals surface area contributed by atoms with E-state index >= 15 is 0 Å². The lowest BCUT2D eigenvalue weighted by Crippen LogP contribution is -2.23. The molecule has 0 bridgehead atoms. The van der Waals surface area contributed by atoms with Crippen LogP contribution in [0.15, 0.2) is 46.3 Å². The van der Waals surface area contributed by atoms with Gasteiger partial charge in [0.2, 0.25) is 0 Å². The molecule has 3 aromatic rings. The van der Waals surface area contributed by atoms with E-state index in [-0.39, 0.29) is 12.2 Å². The number of nitrogens with zero attached hydrogens (tertiary/aromatic N) is 2. The predicted octanol–water partition coefficient (Wildman–Crippen LogP) is 3.79. The fourth-order valence-electron chi connectivity index (χ4n) is 2.25. The highest BCUT2D eigenvalue weighted by molar-refractivity contribution is 7.98. The highest BCUT2D eigenvalue weighted by atomic mass is 35.5. The molecular formula is C16H15ClN2O2S2. The van der Waals surface area contributed by atoms with Crippen LogP contribution in [0.2, 0.25) is 4.34 Å². The van der Waals surface area contributed by atoms with Crippen LogP contribution in [0.1, 0.15) is 11.3 Å². The van der Waals surface area contributed by atoms with E-state index in [0.717, 1.165) is 9.21 Å². The van der Waals surface area contributed by atoms with Gasteiger partial charge >= 0.3 is 0 Å². The quantitative estimate of drug-likeness (QED) is 0.532. The number of hydrogen-bond acceptors (Lipinski definition) is 5. The monoisotopic (exact) mass is 366 g/mol. The second kappa shape index (κ2) is 7.49. The van der Waals surface area contributed by atoms with Gasteiger partial charge in [-0.25, -0.2) is 4.98 Å². The molecule has 0 aliphatic carbocycles. The lowest BCUT2D eigenvalue weighted by molar-refractivity contribution is 0.276. The molecule has 0 spiro atoms. The molecule has 0 aliphatic heterocycles. The Morgan fingerprint density at radius 2 is 2.09 bits per heavy atom. The van der Waals surface area contributed by atoms with Gasteiger partial charge in [-0.2, -0.15) is 0 Å². The number of rotatable bonds is 6. The predicted molar refractivity (Wildman–Crippen MR) is 96.6 cm³/mol. The van der Waals surface area contributed by atoms with E-state index in [9.17, 15) is 4.79 Å².